The third-order valence-electron chi connectivity index (χ3n) is 3.42. The Morgan fingerprint density at radius 1 is 1.09 bits per heavy atom. The molecule has 23 heavy (non-hydrogen) atoms. The predicted octanol–water partition coefficient (Wildman–Crippen LogP) is 4.38. The third-order valence-corrected chi connectivity index (χ3v) is 4.16. The minimum absolute atomic E-state index is 0.538. The first-order valence-electron chi connectivity index (χ1n) is 7.74. The van der Waals surface area contributed by atoms with Crippen molar-refractivity contribution >= 4 is 11.8 Å². The Morgan fingerprint density at radius 3 is 2.61 bits per heavy atom. The van der Waals surface area contributed by atoms with Crippen LogP contribution in [0.1, 0.15) is 24.0 Å². The number of nitrogens with one attached hydrogen (secondary N) is 1. The van der Waals surface area contributed by atoms with Crippen molar-refractivity contribution in [3.05, 3.63) is 59.7 Å². The fourth-order valence-electron chi connectivity index (χ4n) is 2.18. The van der Waals surface area contributed by atoms with Crippen LogP contribution in [0.5, 0.6) is 5.75 Å². The van der Waals surface area contributed by atoms with Gasteiger partial charge in [0.05, 0.1) is 12.7 Å². The average molecular weight is 326 g/mol. The quantitative estimate of drug-likeness (QED) is 0.548. The Labute approximate surface area is 142 Å². The van der Waals surface area contributed by atoms with Crippen LogP contribution >= 0.6 is 11.8 Å². The summed E-state index contributed by atoms with van der Waals surface area (Å²) in [6.45, 7) is 2.24. The van der Waals surface area contributed by atoms with Crippen molar-refractivity contribution in [2.24, 2.45) is 0 Å². The lowest BCUT2D eigenvalue weighted by Crippen LogP contribution is -2.12. The average Bonchev–Trinajstić information content (AvgIpc) is 2.60. The number of nitriles is 1. The molecule has 120 valence electrons. The van der Waals surface area contributed by atoms with Gasteiger partial charge >= 0.3 is 0 Å². The van der Waals surface area contributed by atoms with E-state index in [1.165, 1.54) is 16.0 Å². The number of benzene rings is 2. The lowest BCUT2D eigenvalue weighted by atomic mass is 10.2. The summed E-state index contributed by atoms with van der Waals surface area (Å²) in [6.07, 6.45) is 3.39. The van der Waals surface area contributed by atoms with Gasteiger partial charge in [-0.3, -0.25) is 0 Å². The molecule has 0 fully saturated rings. The van der Waals surface area contributed by atoms with E-state index in [0.29, 0.717) is 13.0 Å². The van der Waals surface area contributed by atoms with Gasteiger partial charge in [0.15, 0.2) is 0 Å². The molecule has 0 aliphatic carbocycles. The molecule has 0 amide bonds. The second-order valence-electron chi connectivity index (χ2n) is 5.21. The van der Waals surface area contributed by atoms with Crippen LogP contribution in [0.2, 0.25) is 0 Å². The molecular weight excluding hydrogens is 304 g/mol. The predicted molar refractivity (Wildman–Crippen MR) is 95.6 cm³/mol. The van der Waals surface area contributed by atoms with Gasteiger partial charge in [0.1, 0.15) is 5.75 Å². The maximum Gasteiger partial charge on any atom is 0.119 e. The van der Waals surface area contributed by atoms with Gasteiger partial charge in [-0.05, 0) is 48.1 Å². The molecule has 0 aliphatic heterocycles. The first-order chi connectivity index (χ1) is 11.3. The molecule has 0 aromatic heterocycles. The Bertz CT molecular complexity index is 635. The van der Waals surface area contributed by atoms with Gasteiger partial charge in [0.25, 0.3) is 0 Å². The molecule has 2 aromatic rings. The highest BCUT2D eigenvalue weighted by Crippen LogP contribution is 2.16. The Balaban J connectivity index is 1.77. The van der Waals surface area contributed by atoms with Crippen molar-refractivity contribution in [2.45, 2.75) is 30.8 Å². The summed E-state index contributed by atoms with van der Waals surface area (Å²) in [5.41, 5.74) is 2.48. The summed E-state index contributed by atoms with van der Waals surface area (Å²) in [5, 5.41) is 12.0. The van der Waals surface area contributed by atoms with Crippen LogP contribution in [0, 0.1) is 11.3 Å². The smallest absolute Gasteiger partial charge is 0.119 e. The maximum atomic E-state index is 8.51. The second-order valence-corrected chi connectivity index (χ2v) is 6.09. The van der Waals surface area contributed by atoms with E-state index in [9.17, 15) is 0 Å². The molecule has 0 spiro atoms. The number of unbranched alkanes of at least 4 members (excludes halogenated alkanes) is 1. The monoisotopic (exact) mass is 326 g/mol. The van der Waals surface area contributed by atoms with E-state index in [-0.39, 0.29) is 0 Å². The Hall–Kier alpha value is -1.96. The normalized spacial score (nSPS) is 10.3. The molecule has 0 bridgehead atoms. The molecule has 3 nitrogen and oxygen atoms in total. The van der Waals surface area contributed by atoms with E-state index in [1.54, 1.807) is 11.8 Å². The highest BCUT2D eigenvalue weighted by molar-refractivity contribution is 7.98. The molecule has 0 heterocycles. The molecule has 2 rings (SSSR count). The van der Waals surface area contributed by atoms with E-state index < -0.39 is 0 Å². The summed E-state index contributed by atoms with van der Waals surface area (Å²) < 4.78 is 5.66. The van der Waals surface area contributed by atoms with Gasteiger partial charge in [0, 0.05) is 24.4 Å². The molecule has 0 saturated carbocycles. The number of thioether (sulfide) groups is 1. The fourth-order valence-corrected chi connectivity index (χ4v) is 2.59. The Morgan fingerprint density at radius 2 is 1.87 bits per heavy atom. The van der Waals surface area contributed by atoms with Crippen molar-refractivity contribution in [3.63, 3.8) is 0 Å². The van der Waals surface area contributed by atoms with Gasteiger partial charge in [-0.2, -0.15) is 5.26 Å². The molecule has 0 unspecified atom stereocenters. The molecule has 0 radical (unpaired) electrons. The summed E-state index contributed by atoms with van der Waals surface area (Å²) in [7, 11) is 0. The highest BCUT2D eigenvalue weighted by Gasteiger charge is 1.99. The van der Waals surface area contributed by atoms with E-state index in [2.05, 4.69) is 54.0 Å². The van der Waals surface area contributed by atoms with Crippen molar-refractivity contribution < 1.29 is 4.74 Å². The van der Waals surface area contributed by atoms with Crippen LogP contribution in [0.4, 0.5) is 0 Å². The Kier molecular flexibility index (Phi) is 7.51. The zero-order valence-electron chi connectivity index (χ0n) is 13.4. The lowest BCUT2D eigenvalue weighted by molar-refractivity contribution is 0.312. The maximum absolute atomic E-state index is 8.51. The molecule has 0 saturated heterocycles. The standard InChI is InChI=1S/C19H22N2OS/c1-23-19-9-7-16(8-10-19)14-21-15-17-5-4-6-18(13-17)22-12-3-2-11-20/h4-10,13,21H,2-3,12,14-15H2,1H3. The molecule has 0 aliphatic rings. The summed E-state index contributed by atoms with van der Waals surface area (Å²) in [5.74, 6) is 0.867. The fraction of sp³-hybridized carbons (Fsp3) is 0.316. The minimum Gasteiger partial charge on any atom is -0.494 e. The minimum atomic E-state index is 0.538. The number of rotatable bonds is 9. The number of hydrogen-bond donors (Lipinski definition) is 1. The summed E-state index contributed by atoms with van der Waals surface area (Å²) in [6, 6.07) is 18.8. The molecule has 4 heteroatoms. The van der Waals surface area contributed by atoms with E-state index in [1.807, 2.05) is 12.1 Å². The molecule has 1 N–H and O–H groups in total. The van der Waals surface area contributed by atoms with Gasteiger partial charge in [-0.15, -0.1) is 11.8 Å². The molecule has 0 atom stereocenters. The second kappa shape index (κ2) is 9.94. The first-order valence-corrected chi connectivity index (χ1v) is 8.96. The number of ether oxygens (including phenoxy) is 1. The highest BCUT2D eigenvalue weighted by atomic mass is 32.2. The van der Waals surface area contributed by atoms with Crippen LogP contribution < -0.4 is 10.1 Å². The summed E-state index contributed by atoms with van der Waals surface area (Å²) >= 11 is 1.76. The zero-order chi connectivity index (χ0) is 16.3. The number of hydrogen-bond acceptors (Lipinski definition) is 4. The van der Waals surface area contributed by atoms with Gasteiger partial charge in [0.2, 0.25) is 0 Å². The summed E-state index contributed by atoms with van der Waals surface area (Å²) in [4.78, 5) is 1.29. The largest absolute Gasteiger partial charge is 0.494 e. The van der Waals surface area contributed by atoms with E-state index in [4.69, 9.17) is 10.00 Å². The van der Waals surface area contributed by atoms with Crippen molar-refractivity contribution in [3.8, 4) is 11.8 Å². The SMILES string of the molecule is CSc1ccc(CNCc2cccc(OCCCC#N)c2)cc1. The molecular formula is C19H22N2OS. The topological polar surface area (TPSA) is 45.0 Å². The van der Waals surface area contributed by atoms with Crippen LogP contribution in [0.3, 0.4) is 0 Å². The van der Waals surface area contributed by atoms with Crippen molar-refractivity contribution in [1.82, 2.24) is 5.32 Å². The van der Waals surface area contributed by atoms with Crippen LogP contribution in [-0.4, -0.2) is 12.9 Å². The zero-order valence-corrected chi connectivity index (χ0v) is 14.2. The number of nitrogens with zero attached hydrogens (tertiary/aromatic N) is 1. The molecule has 2 aromatic carbocycles. The van der Waals surface area contributed by atoms with Crippen LogP contribution in [0.15, 0.2) is 53.4 Å². The van der Waals surface area contributed by atoms with E-state index >= 15 is 0 Å². The van der Waals surface area contributed by atoms with Gasteiger partial charge in [-0.25, -0.2) is 0 Å². The lowest BCUT2D eigenvalue weighted by Gasteiger charge is -2.09. The van der Waals surface area contributed by atoms with Crippen molar-refractivity contribution in [1.29, 1.82) is 5.26 Å². The van der Waals surface area contributed by atoms with E-state index in [0.717, 1.165) is 25.3 Å². The van der Waals surface area contributed by atoms with Gasteiger partial charge in [-0.1, -0.05) is 24.3 Å². The van der Waals surface area contributed by atoms with Gasteiger partial charge < -0.3 is 10.1 Å². The third kappa shape index (κ3) is 6.35. The van der Waals surface area contributed by atoms with Crippen LogP contribution in [-0.2, 0) is 13.1 Å². The first kappa shape index (κ1) is 17.4. The van der Waals surface area contributed by atoms with Crippen LogP contribution in [0.25, 0.3) is 0 Å². The van der Waals surface area contributed by atoms with Crippen molar-refractivity contribution in [2.75, 3.05) is 12.9 Å².